The normalized spacial score (nSPS) is 19.4. The van der Waals surface area contributed by atoms with Crippen LogP contribution < -0.4 is 0 Å². The first kappa shape index (κ1) is 41.9. The van der Waals surface area contributed by atoms with Crippen LogP contribution in [0, 0.1) is 5.92 Å². The van der Waals surface area contributed by atoms with Gasteiger partial charge in [-0.1, -0.05) is 73.5 Å². The summed E-state index contributed by atoms with van der Waals surface area (Å²) < 4.78 is 26.0. The van der Waals surface area contributed by atoms with Crippen LogP contribution in [-0.4, -0.2) is 49.7 Å². The molecule has 45 heavy (non-hydrogen) atoms. The topological polar surface area (TPSA) is 54.0 Å². The molecule has 0 spiro atoms. The molecule has 1 aliphatic carbocycles. The van der Waals surface area contributed by atoms with Crippen LogP contribution in [0.1, 0.15) is 107 Å². The molecule has 1 aliphatic rings. The van der Waals surface area contributed by atoms with Crippen molar-refractivity contribution in [3.05, 3.63) is 41.4 Å². The van der Waals surface area contributed by atoms with Gasteiger partial charge < -0.3 is 18.0 Å². The van der Waals surface area contributed by atoms with Crippen LogP contribution in [0.4, 0.5) is 0 Å². The van der Waals surface area contributed by atoms with Gasteiger partial charge in [0.15, 0.2) is 16.6 Å². The van der Waals surface area contributed by atoms with Gasteiger partial charge in [-0.2, -0.15) is 0 Å². The lowest BCUT2D eigenvalue weighted by atomic mass is 9.91. The van der Waals surface area contributed by atoms with Crippen molar-refractivity contribution in [3.63, 3.8) is 0 Å². The van der Waals surface area contributed by atoms with E-state index < -0.39 is 25.0 Å². The average Bonchev–Trinajstić information content (AvgIpc) is 3.24. The van der Waals surface area contributed by atoms with E-state index in [1.54, 1.807) is 6.08 Å². The number of ether oxygens (including phenoxy) is 1. The second kappa shape index (κ2) is 18.4. The maximum absolute atomic E-state index is 11.5. The van der Waals surface area contributed by atoms with Crippen molar-refractivity contribution in [2.45, 2.75) is 174 Å². The Hall–Kier alpha value is -1.16. The van der Waals surface area contributed by atoms with Crippen molar-refractivity contribution in [1.29, 1.82) is 0 Å². The Bertz CT molecular complexity index is 1030. The Balaban J connectivity index is 3.60. The molecule has 0 N–H and O–H groups in total. The van der Waals surface area contributed by atoms with Crippen molar-refractivity contribution in [1.82, 2.24) is 0 Å². The van der Waals surface area contributed by atoms with Gasteiger partial charge in [0.05, 0.1) is 31.0 Å². The summed E-state index contributed by atoms with van der Waals surface area (Å²) in [6.45, 7) is 30.1. The monoisotopic (exact) mass is 678 g/mol. The number of hydrogen-bond donors (Lipinski definition) is 0. The fourth-order valence-corrected chi connectivity index (χ4v) is 11.6. The fraction of sp³-hybridized carbons (Fsp3) is 0.784. The maximum Gasteiger partial charge on any atom is 0.309 e. The zero-order valence-electron chi connectivity index (χ0n) is 31.8. The smallest absolute Gasteiger partial charge is 0.309 e. The molecule has 0 fully saturated rings. The molecule has 0 aromatic rings. The quantitative estimate of drug-likeness (QED) is 0.0555. The number of rotatable bonds is 20. The molecule has 260 valence electrons. The summed E-state index contributed by atoms with van der Waals surface area (Å²) in [6.07, 6.45) is 15.9. The van der Waals surface area contributed by atoms with Crippen LogP contribution in [-0.2, 0) is 22.8 Å². The van der Waals surface area contributed by atoms with Gasteiger partial charge >= 0.3 is 5.97 Å². The van der Waals surface area contributed by atoms with E-state index in [9.17, 15) is 4.79 Å². The molecule has 0 aromatic carbocycles. The standard InChI is InChI=1S/C37H70O5Si3/c1-15-19-28-37(8,42-43(10,11)12)29-24-26-32-31(25-22-20-21-23-27-35(38)39-9)33(40-44(13,14)36(5,6)7)30-34(32)41-45(16-2,17-3)18-4/h20,23-24,26,32,34H,15-19,22,25,27-30H2,1-14H3/b26-24+/t21?,32-,34-,37?/m1/s1. The molecule has 5 nitrogen and oxygen atoms in total. The molecule has 0 saturated heterocycles. The van der Waals surface area contributed by atoms with E-state index >= 15 is 0 Å². The highest BCUT2D eigenvalue weighted by atomic mass is 28.4. The minimum atomic E-state index is -2.06. The molecule has 0 aromatic heterocycles. The largest absolute Gasteiger partial charge is 0.546 e. The van der Waals surface area contributed by atoms with E-state index in [1.165, 1.54) is 25.5 Å². The highest BCUT2D eigenvalue weighted by Gasteiger charge is 2.45. The first-order valence-electron chi connectivity index (χ1n) is 17.7. The Labute approximate surface area is 281 Å². The lowest BCUT2D eigenvalue weighted by Gasteiger charge is -2.37. The van der Waals surface area contributed by atoms with E-state index in [0.717, 1.165) is 56.0 Å². The lowest BCUT2D eigenvalue weighted by Crippen LogP contribution is -2.42. The predicted molar refractivity (Wildman–Crippen MR) is 200 cm³/mol. The molecular weight excluding hydrogens is 609 g/mol. The minimum Gasteiger partial charge on any atom is -0.546 e. The molecule has 0 aliphatic heterocycles. The van der Waals surface area contributed by atoms with E-state index in [4.69, 9.17) is 18.0 Å². The highest BCUT2D eigenvalue weighted by Crippen LogP contribution is 2.46. The summed E-state index contributed by atoms with van der Waals surface area (Å²) in [5.41, 5.74) is 4.42. The zero-order chi connectivity index (χ0) is 34.5. The van der Waals surface area contributed by atoms with Crippen molar-refractivity contribution >= 4 is 30.9 Å². The second-order valence-corrected chi connectivity index (χ2v) is 29.6. The Morgan fingerprint density at radius 1 is 0.978 bits per heavy atom. The average molecular weight is 679 g/mol. The molecule has 8 heteroatoms. The van der Waals surface area contributed by atoms with Crippen LogP contribution in [0.2, 0.25) is 55.9 Å². The van der Waals surface area contributed by atoms with Gasteiger partial charge in [0, 0.05) is 12.3 Å². The summed E-state index contributed by atoms with van der Waals surface area (Å²) in [5.74, 6) is 1.09. The number of methoxy groups -OCH3 is 1. The third-order valence-corrected chi connectivity index (χ3v) is 20.0. The SMILES string of the molecule is CCCCC(C)(C/C=C/[C@@H]1C(CCC=C=CCC(=O)OC)=C(O[Si](C)(C)C(C)(C)C)C[C@H]1O[Si](CC)(CC)CC)O[Si](C)(C)C. The summed E-state index contributed by atoms with van der Waals surface area (Å²) >= 11 is 0. The molecular formula is C37H70O5Si3. The summed E-state index contributed by atoms with van der Waals surface area (Å²) in [6, 6.07) is 3.40. The molecule has 0 bridgehead atoms. The van der Waals surface area contributed by atoms with Gasteiger partial charge in [-0.05, 0) is 106 Å². The number of hydrogen-bond acceptors (Lipinski definition) is 5. The molecule has 3 atom stereocenters. The number of unbranched alkanes of at least 4 members (excludes halogenated alkanes) is 1. The number of carbonyl (C=O) groups is 1. The zero-order valence-corrected chi connectivity index (χ0v) is 34.8. The molecule has 0 saturated carbocycles. The molecule has 0 radical (unpaired) electrons. The van der Waals surface area contributed by atoms with Gasteiger partial charge in [0.25, 0.3) is 0 Å². The summed E-state index contributed by atoms with van der Waals surface area (Å²) in [4.78, 5) is 11.5. The van der Waals surface area contributed by atoms with Crippen LogP contribution in [0.25, 0.3) is 0 Å². The second-order valence-electron chi connectivity index (χ2n) is 15.7. The Morgan fingerprint density at radius 2 is 1.60 bits per heavy atom. The van der Waals surface area contributed by atoms with Gasteiger partial charge in [0.2, 0.25) is 8.32 Å². The van der Waals surface area contributed by atoms with E-state index in [2.05, 4.69) is 106 Å². The van der Waals surface area contributed by atoms with Gasteiger partial charge in [0.1, 0.15) is 0 Å². The fourth-order valence-electron chi connectivity index (χ4n) is 5.97. The van der Waals surface area contributed by atoms with E-state index in [1.807, 2.05) is 6.08 Å². The van der Waals surface area contributed by atoms with Gasteiger partial charge in [-0.15, -0.1) is 5.73 Å². The maximum atomic E-state index is 11.5. The third-order valence-electron chi connectivity index (χ3n) is 9.86. The predicted octanol–water partition coefficient (Wildman–Crippen LogP) is 11.5. The van der Waals surface area contributed by atoms with Crippen LogP contribution in [0.15, 0.2) is 41.4 Å². The molecule has 1 unspecified atom stereocenters. The van der Waals surface area contributed by atoms with Crippen LogP contribution in [0.3, 0.4) is 0 Å². The van der Waals surface area contributed by atoms with E-state index in [-0.39, 0.29) is 35.1 Å². The van der Waals surface area contributed by atoms with Crippen LogP contribution in [0.5, 0.6) is 0 Å². The van der Waals surface area contributed by atoms with Gasteiger partial charge in [-0.3, -0.25) is 4.79 Å². The molecule has 0 amide bonds. The lowest BCUT2D eigenvalue weighted by molar-refractivity contribution is -0.139. The molecule has 0 heterocycles. The van der Waals surface area contributed by atoms with Crippen molar-refractivity contribution in [2.75, 3.05) is 7.11 Å². The summed E-state index contributed by atoms with van der Waals surface area (Å²) in [5, 5.41) is 0.107. The van der Waals surface area contributed by atoms with E-state index in [0.29, 0.717) is 0 Å². The Morgan fingerprint density at radius 3 is 2.11 bits per heavy atom. The highest BCUT2D eigenvalue weighted by molar-refractivity contribution is 6.74. The van der Waals surface area contributed by atoms with Crippen LogP contribution >= 0.6 is 0 Å². The summed E-state index contributed by atoms with van der Waals surface area (Å²) in [7, 11) is -4.22. The minimum absolute atomic E-state index is 0.0983. The van der Waals surface area contributed by atoms with Crippen molar-refractivity contribution < 1.29 is 22.8 Å². The van der Waals surface area contributed by atoms with Crippen molar-refractivity contribution in [3.8, 4) is 0 Å². The third kappa shape index (κ3) is 13.8. The number of esters is 1. The Kier molecular flexibility index (Phi) is 17.1. The first-order chi connectivity index (χ1) is 20.8. The first-order valence-corrected chi connectivity index (χ1v) is 26.6. The number of carbonyl (C=O) groups excluding carboxylic acids is 1. The molecule has 1 rings (SSSR count). The van der Waals surface area contributed by atoms with Gasteiger partial charge in [-0.25, -0.2) is 0 Å². The van der Waals surface area contributed by atoms with Crippen molar-refractivity contribution in [2.24, 2.45) is 5.92 Å².